The number of aromatic nitrogens is 4. The lowest BCUT2D eigenvalue weighted by Crippen LogP contribution is -1.98. The van der Waals surface area contributed by atoms with Crippen molar-refractivity contribution in [1.29, 1.82) is 0 Å². The largest absolute Gasteiger partial charge is 0.381 e. The van der Waals surface area contributed by atoms with E-state index < -0.39 is 5.82 Å². The number of H-pyrrole nitrogens is 1. The molecule has 0 aliphatic rings. The molecule has 0 bridgehead atoms. The van der Waals surface area contributed by atoms with E-state index in [1.165, 1.54) is 0 Å². The van der Waals surface area contributed by atoms with Gasteiger partial charge in [-0.25, -0.2) is 19.3 Å². The third kappa shape index (κ3) is 1.50. The molecule has 17 heavy (non-hydrogen) atoms. The lowest BCUT2D eigenvalue weighted by atomic mass is 10.2. The van der Waals surface area contributed by atoms with Crippen molar-refractivity contribution < 1.29 is 4.39 Å². The number of nitrogen functional groups attached to an aromatic ring is 1. The number of rotatable bonds is 1. The minimum Gasteiger partial charge on any atom is -0.381 e. The van der Waals surface area contributed by atoms with E-state index in [1.807, 2.05) is 12.1 Å². The maximum absolute atomic E-state index is 13.0. The molecule has 0 radical (unpaired) electrons. The van der Waals surface area contributed by atoms with Crippen LogP contribution in [0.3, 0.4) is 0 Å². The summed E-state index contributed by atoms with van der Waals surface area (Å²) in [5.41, 5.74) is 6.90. The number of nitrogens with one attached hydrogen (secondary N) is 1. The summed E-state index contributed by atoms with van der Waals surface area (Å²) in [5, 5.41) is 0.874. The van der Waals surface area contributed by atoms with Gasteiger partial charge in [0.25, 0.3) is 0 Å². The molecule has 5 nitrogen and oxygen atoms in total. The second-order valence-corrected chi connectivity index (χ2v) is 3.53. The molecule has 3 aromatic rings. The van der Waals surface area contributed by atoms with Gasteiger partial charge >= 0.3 is 0 Å². The molecule has 0 aliphatic carbocycles. The Kier molecular flexibility index (Phi) is 2.01. The van der Waals surface area contributed by atoms with Gasteiger partial charge in [0.2, 0.25) is 0 Å². The van der Waals surface area contributed by atoms with Crippen LogP contribution in [0.5, 0.6) is 0 Å². The van der Waals surface area contributed by atoms with E-state index in [0.717, 1.165) is 22.8 Å². The maximum atomic E-state index is 13.0. The molecule has 6 heteroatoms. The Morgan fingerprint density at radius 2 is 2.18 bits per heavy atom. The van der Waals surface area contributed by atoms with Crippen molar-refractivity contribution in [3.63, 3.8) is 0 Å². The third-order valence-corrected chi connectivity index (χ3v) is 2.46. The van der Waals surface area contributed by atoms with Gasteiger partial charge in [0.05, 0.1) is 6.20 Å². The Morgan fingerprint density at radius 3 is 3.00 bits per heavy atom. The Labute approximate surface area is 95.5 Å². The van der Waals surface area contributed by atoms with E-state index in [9.17, 15) is 4.39 Å². The van der Waals surface area contributed by atoms with Crippen molar-refractivity contribution in [2.24, 2.45) is 0 Å². The molecule has 0 atom stereocenters. The van der Waals surface area contributed by atoms with Gasteiger partial charge in [0.15, 0.2) is 17.5 Å². The minimum atomic E-state index is -0.619. The van der Waals surface area contributed by atoms with Crippen LogP contribution in [0.4, 0.5) is 10.2 Å². The van der Waals surface area contributed by atoms with Crippen LogP contribution in [0, 0.1) is 5.82 Å². The zero-order chi connectivity index (χ0) is 11.8. The number of fused-ring (bicyclic) bond motifs is 1. The summed E-state index contributed by atoms with van der Waals surface area (Å²) in [4.78, 5) is 15.0. The molecule has 84 valence electrons. The van der Waals surface area contributed by atoms with Crippen molar-refractivity contribution in [3.05, 3.63) is 36.5 Å². The molecular formula is C11H8FN5. The van der Waals surface area contributed by atoms with Gasteiger partial charge in [-0.2, -0.15) is 0 Å². The smallest absolute Gasteiger partial charge is 0.183 e. The van der Waals surface area contributed by atoms with E-state index in [2.05, 4.69) is 19.9 Å². The van der Waals surface area contributed by atoms with E-state index in [4.69, 9.17) is 5.73 Å². The van der Waals surface area contributed by atoms with E-state index in [1.54, 1.807) is 12.4 Å². The molecule has 0 fully saturated rings. The van der Waals surface area contributed by atoms with Gasteiger partial charge in [-0.3, -0.25) is 0 Å². The highest BCUT2D eigenvalue weighted by molar-refractivity contribution is 5.91. The topological polar surface area (TPSA) is 80.5 Å². The van der Waals surface area contributed by atoms with Gasteiger partial charge in [-0.05, 0) is 12.1 Å². The lowest BCUT2D eigenvalue weighted by Gasteiger charge is -1.99. The average molecular weight is 229 g/mol. The molecule has 3 aromatic heterocycles. The van der Waals surface area contributed by atoms with Gasteiger partial charge < -0.3 is 10.7 Å². The fourth-order valence-electron chi connectivity index (χ4n) is 1.65. The Bertz CT molecular complexity index is 691. The first-order valence-electron chi connectivity index (χ1n) is 4.96. The lowest BCUT2D eigenvalue weighted by molar-refractivity contribution is 0.620. The Hall–Kier alpha value is -2.50. The molecular weight excluding hydrogens is 221 g/mol. The molecule has 0 aromatic carbocycles. The predicted molar refractivity (Wildman–Crippen MR) is 61.5 cm³/mol. The van der Waals surface area contributed by atoms with Gasteiger partial charge in [-0.15, -0.1) is 0 Å². The van der Waals surface area contributed by atoms with Crippen LogP contribution in [0.25, 0.3) is 22.4 Å². The number of nitrogens with two attached hydrogens (primary N) is 1. The quantitative estimate of drug-likeness (QED) is 0.666. The van der Waals surface area contributed by atoms with Crippen molar-refractivity contribution in [2.45, 2.75) is 0 Å². The van der Waals surface area contributed by atoms with E-state index >= 15 is 0 Å². The standard InChI is InChI=1S/C11H8FN5/c12-8-5-16-11(17-9(8)13)7-4-15-10-6(7)2-1-3-14-10/h1-5H,(H,14,15)(H2,13,16,17). The molecule has 0 unspecified atom stereocenters. The second kappa shape index (κ2) is 3.51. The predicted octanol–water partition coefficient (Wildman–Crippen LogP) is 1.74. The summed E-state index contributed by atoms with van der Waals surface area (Å²) >= 11 is 0. The number of hydrogen-bond acceptors (Lipinski definition) is 4. The molecule has 0 amide bonds. The molecule has 3 rings (SSSR count). The number of aromatic amines is 1. The van der Waals surface area contributed by atoms with Crippen LogP contribution < -0.4 is 5.73 Å². The fourth-order valence-corrected chi connectivity index (χ4v) is 1.65. The highest BCUT2D eigenvalue weighted by Crippen LogP contribution is 2.25. The van der Waals surface area contributed by atoms with Crippen LogP contribution in [-0.4, -0.2) is 19.9 Å². The number of pyridine rings is 1. The van der Waals surface area contributed by atoms with E-state index in [-0.39, 0.29) is 5.82 Å². The van der Waals surface area contributed by atoms with Crippen LogP contribution in [0.15, 0.2) is 30.7 Å². The molecule has 0 saturated carbocycles. The first-order chi connectivity index (χ1) is 8.25. The first-order valence-corrected chi connectivity index (χ1v) is 4.96. The summed E-state index contributed by atoms with van der Waals surface area (Å²) < 4.78 is 13.0. The molecule has 0 aliphatic heterocycles. The van der Waals surface area contributed by atoms with Crippen molar-refractivity contribution in [1.82, 2.24) is 19.9 Å². The number of hydrogen-bond donors (Lipinski definition) is 2. The highest BCUT2D eigenvalue weighted by atomic mass is 19.1. The number of anilines is 1. The van der Waals surface area contributed by atoms with E-state index in [0.29, 0.717) is 5.82 Å². The highest BCUT2D eigenvalue weighted by Gasteiger charge is 2.10. The monoisotopic (exact) mass is 229 g/mol. The third-order valence-electron chi connectivity index (χ3n) is 2.46. The van der Waals surface area contributed by atoms with Crippen molar-refractivity contribution >= 4 is 16.9 Å². The van der Waals surface area contributed by atoms with Crippen LogP contribution in [0.2, 0.25) is 0 Å². The van der Waals surface area contributed by atoms with Crippen LogP contribution in [-0.2, 0) is 0 Å². The van der Waals surface area contributed by atoms with Crippen molar-refractivity contribution in [2.75, 3.05) is 5.73 Å². The summed E-state index contributed by atoms with van der Waals surface area (Å²) in [6, 6.07) is 3.70. The fraction of sp³-hybridized carbons (Fsp3) is 0. The molecule has 3 heterocycles. The first kappa shape index (κ1) is 9.71. The number of nitrogens with zero attached hydrogens (tertiary/aromatic N) is 3. The normalized spacial score (nSPS) is 10.9. The summed E-state index contributed by atoms with van der Waals surface area (Å²) in [5.74, 6) is -0.400. The van der Waals surface area contributed by atoms with Gasteiger partial charge in [0, 0.05) is 23.3 Å². The summed E-state index contributed by atoms with van der Waals surface area (Å²) in [6.07, 6.45) is 4.47. The summed E-state index contributed by atoms with van der Waals surface area (Å²) in [7, 11) is 0. The molecule has 0 saturated heterocycles. The molecule has 0 spiro atoms. The molecule has 3 N–H and O–H groups in total. The van der Waals surface area contributed by atoms with Crippen LogP contribution in [0.1, 0.15) is 0 Å². The maximum Gasteiger partial charge on any atom is 0.183 e. The average Bonchev–Trinajstić information content (AvgIpc) is 2.76. The minimum absolute atomic E-state index is 0.159. The van der Waals surface area contributed by atoms with Gasteiger partial charge in [0.1, 0.15) is 5.65 Å². The zero-order valence-electron chi connectivity index (χ0n) is 8.68. The Balaban J connectivity index is 2.24. The second-order valence-electron chi connectivity index (χ2n) is 3.53. The Morgan fingerprint density at radius 1 is 1.29 bits per heavy atom. The zero-order valence-corrected chi connectivity index (χ0v) is 8.68. The number of halogens is 1. The summed E-state index contributed by atoms with van der Waals surface area (Å²) in [6.45, 7) is 0. The van der Waals surface area contributed by atoms with Crippen molar-refractivity contribution in [3.8, 4) is 11.4 Å². The SMILES string of the molecule is Nc1nc(-c2c[nH]c3ncccc23)ncc1F. The van der Waals surface area contributed by atoms with Crippen LogP contribution >= 0.6 is 0 Å². The van der Waals surface area contributed by atoms with Gasteiger partial charge in [-0.1, -0.05) is 0 Å².